The minimum Gasteiger partial charge on any atom is -0.470 e. The molecule has 0 bridgehead atoms. The molecule has 37 heavy (non-hydrogen) atoms. The van der Waals surface area contributed by atoms with Crippen LogP contribution in [-0.4, -0.2) is 18.0 Å². The molecule has 3 aromatic carbocycles. The van der Waals surface area contributed by atoms with Crippen LogP contribution in [0.4, 0.5) is 11.4 Å². The van der Waals surface area contributed by atoms with Crippen molar-refractivity contribution < 1.29 is 14.3 Å². The van der Waals surface area contributed by atoms with Crippen LogP contribution < -0.4 is 9.80 Å². The minimum absolute atomic E-state index is 0.0239. The number of allylic oxidation sites excluding steroid dienone is 1. The molecule has 2 heterocycles. The summed E-state index contributed by atoms with van der Waals surface area (Å²) in [4.78, 5) is 30.8. The van der Waals surface area contributed by atoms with E-state index in [1.54, 1.807) is 4.90 Å². The highest BCUT2D eigenvalue weighted by molar-refractivity contribution is 6.11. The van der Waals surface area contributed by atoms with E-state index in [1.165, 1.54) is 0 Å². The lowest BCUT2D eigenvalue weighted by Gasteiger charge is -2.63. The zero-order chi connectivity index (χ0) is 26.2. The monoisotopic (exact) mass is 492 g/mol. The van der Waals surface area contributed by atoms with Crippen LogP contribution in [0.2, 0.25) is 0 Å². The standard InChI is InChI=1S/C32H32N2O3/c1-6-23-24-19-13-14-20-25(24)32(31(4,5)28(36)34(32)22-17-11-8-12-18-22)26(23)37-29-30(2,3)27(35)33(29)21-15-9-7-10-16-21/h7-20,29H,6H2,1-5H3/t29-,32+/m1/s1. The summed E-state index contributed by atoms with van der Waals surface area (Å²) in [5.41, 5.74) is 2.63. The van der Waals surface area contributed by atoms with Gasteiger partial charge in [0.05, 0.1) is 5.41 Å². The SMILES string of the molecule is CCC1=C(O[C@H]2N(c3ccccc3)C(=O)C2(C)C)[C@]2(c3ccccc31)N(c1ccccc1)C(=O)C2(C)C. The summed E-state index contributed by atoms with van der Waals surface area (Å²) >= 11 is 0. The third-order valence-electron chi connectivity index (χ3n) is 8.48. The van der Waals surface area contributed by atoms with E-state index in [2.05, 4.69) is 19.1 Å². The molecular formula is C32H32N2O3. The molecule has 188 valence electrons. The first-order valence-corrected chi connectivity index (χ1v) is 13.0. The van der Waals surface area contributed by atoms with Gasteiger partial charge in [0, 0.05) is 16.9 Å². The molecule has 2 saturated heterocycles. The van der Waals surface area contributed by atoms with Crippen molar-refractivity contribution in [2.45, 2.75) is 52.8 Å². The van der Waals surface area contributed by atoms with Crippen molar-refractivity contribution in [1.82, 2.24) is 0 Å². The number of hydrogen-bond acceptors (Lipinski definition) is 3. The van der Waals surface area contributed by atoms with Gasteiger partial charge in [0.1, 0.15) is 16.7 Å². The number of para-hydroxylation sites is 2. The van der Waals surface area contributed by atoms with Crippen LogP contribution in [0.15, 0.2) is 90.7 Å². The average Bonchev–Trinajstić information content (AvgIpc) is 3.21. The molecule has 0 aromatic heterocycles. The minimum atomic E-state index is -0.815. The molecule has 2 amide bonds. The summed E-state index contributed by atoms with van der Waals surface area (Å²) in [5, 5.41) is 0. The van der Waals surface area contributed by atoms with E-state index in [1.807, 2.05) is 105 Å². The number of carbonyl (C=O) groups is 2. The number of amides is 2. The van der Waals surface area contributed by atoms with Gasteiger partial charge in [-0.15, -0.1) is 0 Å². The van der Waals surface area contributed by atoms with Crippen LogP contribution in [0.25, 0.3) is 5.57 Å². The van der Waals surface area contributed by atoms with Gasteiger partial charge in [0.2, 0.25) is 11.8 Å². The van der Waals surface area contributed by atoms with Crippen molar-refractivity contribution in [2.24, 2.45) is 10.8 Å². The quantitative estimate of drug-likeness (QED) is 0.382. The molecule has 5 heteroatoms. The van der Waals surface area contributed by atoms with Crippen molar-refractivity contribution in [3.8, 4) is 0 Å². The smallest absolute Gasteiger partial charge is 0.241 e. The van der Waals surface area contributed by atoms with Gasteiger partial charge >= 0.3 is 0 Å². The van der Waals surface area contributed by atoms with Gasteiger partial charge < -0.3 is 4.74 Å². The summed E-state index contributed by atoms with van der Waals surface area (Å²) in [6, 6.07) is 27.8. The summed E-state index contributed by atoms with van der Waals surface area (Å²) in [7, 11) is 0. The van der Waals surface area contributed by atoms with E-state index in [4.69, 9.17) is 4.74 Å². The van der Waals surface area contributed by atoms with Crippen molar-refractivity contribution in [2.75, 3.05) is 9.80 Å². The molecular weight excluding hydrogens is 460 g/mol. The van der Waals surface area contributed by atoms with Crippen molar-refractivity contribution in [3.63, 3.8) is 0 Å². The Labute approximate surface area is 218 Å². The Morgan fingerprint density at radius 3 is 1.95 bits per heavy atom. The van der Waals surface area contributed by atoms with E-state index in [0.717, 1.165) is 40.3 Å². The Morgan fingerprint density at radius 2 is 1.32 bits per heavy atom. The molecule has 3 aromatic rings. The number of ether oxygens (including phenoxy) is 1. The number of carbonyl (C=O) groups excluding carboxylic acids is 2. The Bertz CT molecular complexity index is 1440. The van der Waals surface area contributed by atoms with Crippen molar-refractivity contribution in [1.29, 1.82) is 0 Å². The lowest BCUT2D eigenvalue weighted by atomic mass is 9.59. The Kier molecular flexibility index (Phi) is 4.97. The van der Waals surface area contributed by atoms with Gasteiger partial charge in [-0.1, -0.05) is 67.6 Å². The Balaban J connectivity index is 1.56. The van der Waals surface area contributed by atoms with Crippen LogP contribution in [-0.2, 0) is 19.9 Å². The molecule has 0 N–H and O–H groups in total. The van der Waals surface area contributed by atoms with Gasteiger partial charge in [-0.3, -0.25) is 19.4 Å². The molecule has 3 aliphatic rings. The zero-order valence-corrected chi connectivity index (χ0v) is 22.0. The van der Waals surface area contributed by atoms with Gasteiger partial charge in [-0.05, 0) is 69.5 Å². The molecule has 2 aliphatic heterocycles. The molecule has 1 spiro atoms. The molecule has 2 fully saturated rings. The first-order chi connectivity index (χ1) is 17.7. The van der Waals surface area contributed by atoms with Gasteiger partial charge in [-0.2, -0.15) is 0 Å². The third-order valence-corrected chi connectivity index (χ3v) is 8.48. The Hall–Kier alpha value is -3.86. The lowest BCUT2D eigenvalue weighted by Crippen LogP contribution is -2.76. The van der Waals surface area contributed by atoms with Gasteiger partial charge in [0.15, 0.2) is 6.23 Å². The van der Waals surface area contributed by atoms with E-state index >= 15 is 0 Å². The fourth-order valence-electron chi connectivity index (χ4n) is 6.51. The molecule has 5 nitrogen and oxygen atoms in total. The summed E-state index contributed by atoms with van der Waals surface area (Å²) in [6.45, 7) is 10.0. The number of benzene rings is 3. The highest BCUT2D eigenvalue weighted by Crippen LogP contribution is 2.66. The highest BCUT2D eigenvalue weighted by Gasteiger charge is 2.74. The van der Waals surface area contributed by atoms with E-state index in [-0.39, 0.29) is 11.8 Å². The number of β-lactam (4-membered cyclic amide) rings is 2. The van der Waals surface area contributed by atoms with Crippen molar-refractivity contribution >= 4 is 28.8 Å². The molecule has 1 aliphatic carbocycles. The number of hydrogen-bond donors (Lipinski definition) is 0. The molecule has 0 unspecified atom stereocenters. The largest absolute Gasteiger partial charge is 0.470 e. The van der Waals surface area contributed by atoms with Gasteiger partial charge in [-0.25, -0.2) is 0 Å². The number of nitrogens with zero attached hydrogens (tertiary/aromatic N) is 2. The van der Waals surface area contributed by atoms with E-state index < -0.39 is 22.6 Å². The predicted octanol–water partition coefficient (Wildman–Crippen LogP) is 6.51. The molecule has 6 rings (SSSR count). The highest BCUT2D eigenvalue weighted by atomic mass is 16.5. The second-order valence-corrected chi connectivity index (χ2v) is 11.2. The van der Waals surface area contributed by atoms with Crippen molar-refractivity contribution in [3.05, 3.63) is 102 Å². The maximum absolute atomic E-state index is 13.8. The third kappa shape index (κ3) is 2.80. The number of rotatable bonds is 5. The summed E-state index contributed by atoms with van der Waals surface area (Å²) < 4.78 is 7.07. The second-order valence-electron chi connectivity index (χ2n) is 11.2. The zero-order valence-electron chi connectivity index (χ0n) is 22.0. The van der Waals surface area contributed by atoms with E-state index in [0.29, 0.717) is 0 Å². The molecule has 0 saturated carbocycles. The first-order valence-electron chi connectivity index (χ1n) is 13.0. The van der Waals surface area contributed by atoms with Crippen LogP contribution in [0, 0.1) is 10.8 Å². The number of fused-ring (bicyclic) bond motifs is 2. The Morgan fingerprint density at radius 1 is 0.757 bits per heavy atom. The molecule has 0 radical (unpaired) electrons. The first kappa shape index (κ1) is 23.5. The summed E-state index contributed by atoms with van der Waals surface area (Å²) in [6.07, 6.45) is 0.238. The fraction of sp³-hybridized carbons (Fsp3) is 0.312. The molecule has 2 atom stereocenters. The summed E-state index contributed by atoms with van der Waals surface area (Å²) in [5.74, 6) is 0.850. The van der Waals surface area contributed by atoms with Crippen LogP contribution in [0.5, 0.6) is 0 Å². The fourth-order valence-corrected chi connectivity index (χ4v) is 6.51. The number of anilines is 2. The topological polar surface area (TPSA) is 49.9 Å². The van der Waals surface area contributed by atoms with Gasteiger partial charge in [0.25, 0.3) is 0 Å². The van der Waals surface area contributed by atoms with Crippen LogP contribution in [0.1, 0.15) is 52.2 Å². The van der Waals surface area contributed by atoms with Crippen LogP contribution in [0.3, 0.4) is 0 Å². The normalized spacial score (nSPS) is 25.2. The van der Waals surface area contributed by atoms with E-state index in [9.17, 15) is 9.59 Å². The van der Waals surface area contributed by atoms with Crippen LogP contribution >= 0.6 is 0 Å². The maximum Gasteiger partial charge on any atom is 0.241 e. The average molecular weight is 493 g/mol. The predicted molar refractivity (Wildman–Crippen MR) is 146 cm³/mol. The second kappa shape index (κ2) is 7.82. The maximum atomic E-state index is 13.8. The lowest BCUT2D eigenvalue weighted by molar-refractivity contribution is -0.160.